The first-order chi connectivity index (χ1) is 13.2. The van der Waals surface area contributed by atoms with E-state index in [1.54, 1.807) is 36.0 Å². The summed E-state index contributed by atoms with van der Waals surface area (Å²) in [5.41, 5.74) is 2.22. The second-order valence-corrected chi connectivity index (χ2v) is 6.65. The van der Waals surface area contributed by atoms with Crippen molar-refractivity contribution in [3.05, 3.63) is 71.8 Å². The topological polar surface area (TPSA) is 71.3 Å². The van der Waals surface area contributed by atoms with Gasteiger partial charge in [-0.2, -0.15) is 17.0 Å². The van der Waals surface area contributed by atoms with E-state index in [4.69, 9.17) is 14.7 Å². The summed E-state index contributed by atoms with van der Waals surface area (Å²) in [4.78, 5) is 12.3. The Balaban J connectivity index is 1.81. The highest BCUT2D eigenvalue weighted by molar-refractivity contribution is 7.98. The Kier molecular flexibility index (Phi) is 8.27. The minimum Gasteiger partial charge on any atom is -0.493 e. The van der Waals surface area contributed by atoms with Gasteiger partial charge in [-0.25, -0.2) is 0 Å². The van der Waals surface area contributed by atoms with Crippen LogP contribution in [0.25, 0.3) is 0 Å². The maximum atomic E-state index is 12.3. The molecule has 0 bridgehead atoms. The van der Waals surface area contributed by atoms with Crippen molar-refractivity contribution < 1.29 is 14.3 Å². The Morgan fingerprint density at radius 3 is 2.85 bits per heavy atom. The predicted molar refractivity (Wildman–Crippen MR) is 108 cm³/mol. The quantitative estimate of drug-likeness (QED) is 0.500. The number of nitrogens with zero attached hydrogens (tertiary/aromatic N) is 1. The van der Waals surface area contributed by atoms with Crippen LogP contribution in [-0.2, 0) is 5.75 Å². The van der Waals surface area contributed by atoms with Gasteiger partial charge in [-0.05, 0) is 29.8 Å². The van der Waals surface area contributed by atoms with Gasteiger partial charge in [-0.15, -0.1) is 0 Å². The van der Waals surface area contributed by atoms with Crippen molar-refractivity contribution in [2.24, 2.45) is 0 Å². The maximum absolute atomic E-state index is 12.3. The van der Waals surface area contributed by atoms with E-state index in [9.17, 15) is 4.79 Å². The van der Waals surface area contributed by atoms with Crippen LogP contribution in [0.4, 0.5) is 0 Å². The third kappa shape index (κ3) is 6.08. The molecular weight excluding hydrogens is 360 g/mol. The summed E-state index contributed by atoms with van der Waals surface area (Å²) in [6.45, 7) is 4.51. The molecule has 0 aliphatic rings. The molecule has 0 saturated heterocycles. The van der Waals surface area contributed by atoms with Crippen molar-refractivity contribution in [2.75, 3.05) is 26.0 Å². The van der Waals surface area contributed by atoms with Gasteiger partial charge < -0.3 is 14.8 Å². The second-order valence-electron chi connectivity index (χ2n) is 5.54. The number of rotatable bonds is 10. The first kappa shape index (κ1) is 20.4. The average Bonchev–Trinajstić information content (AvgIpc) is 2.71. The smallest absolute Gasteiger partial charge is 0.251 e. The summed E-state index contributed by atoms with van der Waals surface area (Å²) < 4.78 is 10.8. The fourth-order valence-corrected chi connectivity index (χ4v) is 3.22. The van der Waals surface area contributed by atoms with Crippen molar-refractivity contribution in [3.63, 3.8) is 0 Å². The van der Waals surface area contributed by atoms with Gasteiger partial charge in [0.15, 0.2) is 11.5 Å². The van der Waals surface area contributed by atoms with Gasteiger partial charge in [0.2, 0.25) is 0 Å². The zero-order valence-electron chi connectivity index (χ0n) is 15.2. The standard InChI is InChI=1S/C21H22N2O3S/c1-3-11-26-19-9-8-16(13-20(19)25-2)21(24)23-10-12-27-15-18-7-5-4-6-17(18)14-22/h3-9,13H,1,10-12,15H2,2H3,(H,23,24). The molecule has 0 radical (unpaired) electrons. The van der Waals surface area contributed by atoms with Crippen molar-refractivity contribution in [1.29, 1.82) is 5.26 Å². The Labute approximate surface area is 164 Å². The molecule has 0 unspecified atom stereocenters. The summed E-state index contributed by atoms with van der Waals surface area (Å²) in [5, 5.41) is 12.0. The van der Waals surface area contributed by atoms with Crippen molar-refractivity contribution in [3.8, 4) is 17.6 Å². The number of benzene rings is 2. The lowest BCUT2D eigenvalue weighted by Crippen LogP contribution is -2.25. The highest BCUT2D eigenvalue weighted by Crippen LogP contribution is 2.28. The summed E-state index contributed by atoms with van der Waals surface area (Å²) in [6, 6.07) is 14.8. The SMILES string of the molecule is C=CCOc1ccc(C(=O)NCCSCc2ccccc2C#N)cc1OC. The first-order valence-electron chi connectivity index (χ1n) is 8.45. The molecule has 0 aliphatic heterocycles. The molecule has 0 fully saturated rings. The minimum atomic E-state index is -0.165. The zero-order chi connectivity index (χ0) is 19.5. The van der Waals surface area contributed by atoms with Crippen LogP contribution in [0.1, 0.15) is 21.5 Å². The fraction of sp³-hybridized carbons (Fsp3) is 0.238. The molecular formula is C21H22N2O3S. The number of carbonyl (C=O) groups excluding carboxylic acids is 1. The average molecular weight is 382 g/mol. The molecule has 0 aliphatic carbocycles. The number of hydrogen-bond acceptors (Lipinski definition) is 5. The Morgan fingerprint density at radius 2 is 2.11 bits per heavy atom. The van der Waals surface area contributed by atoms with E-state index in [0.717, 1.165) is 17.1 Å². The highest BCUT2D eigenvalue weighted by atomic mass is 32.2. The van der Waals surface area contributed by atoms with Gasteiger partial charge in [-0.3, -0.25) is 4.79 Å². The predicted octanol–water partition coefficient (Wildman–Crippen LogP) is 3.79. The lowest BCUT2D eigenvalue weighted by Gasteiger charge is -2.11. The summed E-state index contributed by atoms with van der Waals surface area (Å²) >= 11 is 1.67. The molecule has 1 N–H and O–H groups in total. The first-order valence-corrected chi connectivity index (χ1v) is 9.60. The van der Waals surface area contributed by atoms with Crippen LogP contribution < -0.4 is 14.8 Å². The normalized spacial score (nSPS) is 9.93. The number of carbonyl (C=O) groups is 1. The van der Waals surface area contributed by atoms with Crippen molar-refractivity contribution in [1.82, 2.24) is 5.32 Å². The molecule has 0 aromatic heterocycles. The van der Waals surface area contributed by atoms with E-state index in [-0.39, 0.29) is 5.91 Å². The van der Waals surface area contributed by atoms with Crippen LogP contribution in [0.15, 0.2) is 55.1 Å². The van der Waals surface area contributed by atoms with Gasteiger partial charge in [0.05, 0.1) is 18.7 Å². The van der Waals surface area contributed by atoms with Crippen molar-refractivity contribution in [2.45, 2.75) is 5.75 Å². The maximum Gasteiger partial charge on any atom is 0.251 e. The molecule has 0 saturated carbocycles. The van der Waals surface area contributed by atoms with Gasteiger partial charge >= 0.3 is 0 Å². The molecule has 2 rings (SSSR count). The molecule has 140 valence electrons. The van der Waals surface area contributed by atoms with Crippen LogP contribution in [0.2, 0.25) is 0 Å². The van der Waals surface area contributed by atoms with Crippen molar-refractivity contribution >= 4 is 17.7 Å². The number of nitrogens with one attached hydrogen (secondary N) is 1. The number of ether oxygens (including phenoxy) is 2. The van der Waals surface area contributed by atoms with E-state index < -0.39 is 0 Å². The molecule has 6 heteroatoms. The van der Waals surface area contributed by atoms with Crippen LogP contribution in [0, 0.1) is 11.3 Å². The minimum absolute atomic E-state index is 0.165. The van der Waals surface area contributed by atoms with Crippen LogP contribution in [0.3, 0.4) is 0 Å². The summed E-state index contributed by atoms with van der Waals surface area (Å²) in [5.74, 6) is 2.40. The third-order valence-corrected chi connectivity index (χ3v) is 4.72. The van der Waals surface area contributed by atoms with Crippen LogP contribution in [-0.4, -0.2) is 31.9 Å². The van der Waals surface area contributed by atoms with E-state index in [1.165, 1.54) is 7.11 Å². The number of nitriles is 1. The summed E-state index contributed by atoms with van der Waals surface area (Å²) in [6.07, 6.45) is 1.65. The van der Waals surface area contributed by atoms with Gasteiger partial charge in [0, 0.05) is 23.6 Å². The van der Waals surface area contributed by atoms with E-state index in [0.29, 0.717) is 35.8 Å². The lowest BCUT2D eigenvalue weighted by molar-refractivity contribution is 0.0955. The van der Waals surface area contributed by atoms with Gasteiger partial charge in [0.25, 0.3) is 5.91 Å². The largest absolute Gasteiger partial charge is 0.493 e. The lowest BCUT2D eigenvalue weighted by atomic mass is 10.1. The number of thioether (sulfide) groups is 1. The number of methoxy groups -OCH3 is 1. The Hall–Kier alpha value is -2.91. The molecule has 27 heavy (non-hydrogen) atoms. The van der Waals surface area contributed by atoms with E-state index >= 15 is 0 Å². The summed E-state index contributed by atoms with van der Waals surface area (Å²) in [7, 11) is 1.54. The van der Waals surface area contributed by atoms with Gasteiger partial charge in [0.1, 0.15) is 6.61 Å². The number of amides is 1. The molecule has 5 nitrogen and oxygen atoms in total. The fourth-order valence-electron chi connectivity index (χ4n) is 2.35. The molecule has 0 spiro atoms. The molecule has 2 aromatic carbocycles. The van der Waals surface area contributed by atoms with Crippen LogP contribution in [0.5, 0.6) is 11.5 Å². The highest BCUT2D eigenvalue weighted by Gasteiger charge is 2.11. The molecule has 0 atom stereocenters. The van der Waals surface area contributed by atoms with Crippen LogP contribution >= 0.6 is 11.8 Å². The van der Waals surface area contributed by atoms with E-state index in [2.05, 4.69) is 18.0 Å². The Morgan fingerprint density at radius 1 is 1.30 bits per heavy atom. The molecule has 2 aromatic rings. The second kappa shape index (κ2) is 10.9. The monoisotopic (exact) mass is 382 g/mol. The third-order valence-electron chi connectivity index (χ3n) is 3.71. The zero-order valence-corrected chi connectivity index (χ0v) is 16.1. The molecule has 0 heterocycles. The molecule has 1 amide bonds. The van der Waals surface area contributed by atoms with Gasteiger partial charge in [-0.1, -0.05) is 30.9 Å². The Bertz CT molecular complexity index is 830. The number of hydrogen-bond donors (Lipinski definition) is 1. The van der Waals surface area contributed by atoms with E-state index in [1.807, 2.05) is 24.3 Å².